The van der Waals surface area contributed by atoms with Crippen LogP contribution >= 0.6 is 0 Å². The fraction of sp³-hybridized carbons (Fsp3) is 0.882. The van der Waals surface area contributed by atoms with Crippen LogP contribution in [0.5, 0.6) is 0 Å². The number of allylic oxidation sites excluding steroid dienone is 1. The predicted molar refractivity (Wildman–Crippen MR) is 81.4 cm³/mol. The van der Waals surface area contributed by atoms with E-state index in [0.717, 1.165) is 29.6 Å². The van der Waals surface area contributed by atoms with Crippen LogP contribution in [0, 0.1) is 29.6 Å². The first-order valence-electron chi connectivity index (χ1n) is 7.92. The Labute approximate surface area is 114 Å². The van der Waals surface area contributed by atoms with E-state index in [9.17, 15) is 0 Å². The van der Waals surface area contributed by atoms with Crippen molar-refractivity contribution in [1.82, 2.24) is 5.32 Å². The SMILES string of the molecule is CCC1CCC(CC(C)C(C)C)C1C/C=C\NC. The van der Waals surface area contributed by atoms with Crippen LogP contribution in [0.3, 0.4) is 0 Å². The second-order valence-electron chi connectivity index (χ2n) is 6.55. The minimum absolute atomic E-state index is 0.833. The van der Waals surface area contributed by atoms with Crippen molar-refractivity contribution in [2.75, 3.05) is 7.05 Å². The Morgan fingerprint density at radius 2 is 1.83 bits per heavy atom. The third kappa shape index (κ3) is 4.33. The Bertz CT molecular complexity index is 244. The van der Waals surface area contributed by atoms with E-state index in [1.165, 1.54) is 32.1 Å². The summed E-state index contributed by atoms with van der Waals surface area (Å²) < 4.78 is 0. The average molecular weight is 251 g/mol. The molecule has 0 saturated heterocycles. The van der Waals surface area contributed by atoms with Gasteiger partial charge in [0.1, 0.15) is 0 Å². The molecular formula is C17H33N. The van der Waals surface area contributed by atoms with Crippen LogP contribution in [0.2, 0.25) is 0 Å². The molecule has 0 spiro atoms. The van der Waals surface area contributed by atoms with Crippen LogP contribution in [0.15, 0.2) is 12.3 Å². The van der Waals surface area contributed by atoms with Gasteiger partial charge in [0.25, 0.3) is 0 Å². The first kappa shape index (κ1) is 15.6. The Morgan fingerprint density at radius 1 is 1.17 bits per heavy atom. The normalized spacial score (nSPS) is 30.2. The van der Waals surface area contributed by atoms with Gasteiger partial charge in [0.2, 0.25) is 0 Å². The summed E-state index contributed by atoms with van der Waals surface area (Å²) in [6, 6.07) is 0. The smallest absolute Gasteiger partial charge is 0.00276 e. The third-order valence-electron chi connectivity index (χ3n) is 5.15. The summed E-state index contributed by atoms with van der Waals surface area (Å²) in [4.78, 5) is 0. The van der Waals surface area contributed by atoms with Gasteiger partial charge in [0.05, 0.1) is 0 Å². The van der Waals surface area contributed by atoms with Crippen molar-refractivity contribution >= 4 is 0 Å². The van der Waals surface area contributed by atoms with Gasteiger partial charge >= 0.3 is 0 Å². The van der Waals surface area contributed by atoms with Gasteiger partial charge in [0, 0.05) is 7.05 Å². The lowest BCUT2D eigenvalue weighted by atomic mass is 9.79. The van der Waals surface area contributed by atoms with Gasteiger partial charge in [-0.25, -0.2) is 0 Å². The molecule has 4 atom stereocenters. The van der Waals surface area contributed by atoms with E-state index in [0.29, 0.717) is 0 Å². The van der Waals surface area contributed by atoms with Gasteiger partial charge in [-0.1, -0.05) is 40.2 Å². The van der Waals surface area contributed by atoms with Gasteiger partial charge in [-0.3, -0.25) is 0 Å². The Hall–Kier alpha value is -0.460. The number of hydrogen-bond acceptors (Lipinski definition) is 1. The van der Waals surface area contributed by atoms with E-state index in [2.05, 4.69) is 45.3 Å². The maximum absolute atomic E-state index is 3.12. The zero-order valence-electron chi connectivity index (χ0n) is 13.1. The van der Waals surface area contributed by atoms with Gasteiger partial charge in [0.15, 0.2) is 0 Å². The maximum atomic E-state index is 3.12. The monoisotopic (exact) mass is 251 g/mol. The highest BCUT2D eigenvalue weighted by Crippen LogP contribution is 2.44. The molecule has 18 heavy (non-hydrogen) atoms. The molecule has 1 N–H and O–H groups in total. The molecule has 0 aliphatic heterocycles. The van der Waals surface area contributed by atoms with Crippen molar-refractivity contribution in [1.29, 1.82) is 0 Å². The molecule has 106 valence electrons. The lowest BCUT2D eigenvalue weighted by Gasteiger charge is -2.27. The van der Waals surface area contributed by atoms with E-state index in [4.69, 9.17) is 0 Å². The molecule has 1 nitrogen and oxygen atoms in total. The molecule has 0 aromatic carbocycles. The topological polar surface area (TPSA) is 12.0 Å². The molecule has 1 saturated carbocycles. The highest BCUT2D eigenvalue weighted by Gasteiger charge is 2.34. The Balaban J connectivity index is 2.56. The van der Waals surface area contributed by atoms with E-state index in [1.54, 1.807) is 0 Å². The summed E-state index contributed by atoms with van der Waals surface area (Å²) in [7, 11) is 1.99. The molecule has 0 radical (unpaired) electrons. The van der Waals surface area contributed by atoms with E-state index < -0.39 is 0 Å². The molecule has 0 amide bonds. The molecule has 1 aliphatic carbocycles. The van der Waals surface area contributed by atoms with Crippen LogP contribution < -0.4 is 5.32 Å². The fourth-order valence-electron chi connectivity index (χ4n) is 3.52. The largest absolute Gasteiger partial charge is 0.394 e. The maximum Gasteiger partial charge on any atom is 0.00276 e. The summed E-state index contributed by atoms with van der Waals surface area (Å²) in [5.41, 5.74) is 0. The van der Waals surface area contributed by atoms with E-state index in [1.807, 2.05) is 7.05 Å². The summed E-state index contributed by atoms with van der Waals surface area (Å²) in [6.07, 6.45) is 11.4. The summed E-state index contributed by atoms with van der Waals surface area (Å²) in [5, 5.41) is 3.12. The number of nitrogens with one attached hydrogen (secondary N) is 1. The van der Waals surface area contributed by atoms with Crippen molar-refractivity contribution in [3.05, 3.63) is 12.3 Å². The Morgan fingerprint density at radius 3 is 2.39 bits per heavy atom. The van der Waals surface area contributed by atoms with Crippen LogP contribution in [0.4, 0.5) is 0 Å². The molecule has 0 aromatic heterocycles. The number of hydrogen-bond donors (Lipinski definition) is 1. The quantitative estimate of drug-likeness (QED) is 0.682. The third-order valence-corrected chi connectivity index (χ3v) is 5.15. The zero-order valence-corrected chi connectivity index (χ0v) is 13.1. The van der Waals surface area contributed by atoms with Crippen molar-refractivity contribution < 1.29 is 0 Å². The molecule has 1 rings (SSSR count). The van der Waals surface area contributed by atoms with Gasteiger partial charge in [-0.2, -0.15) is 0 Å². The first-order chi connectivity index (χ1) is 8.60. The molecular weight excluding hydrogens is 218 g/mol. The molecule has 0 heterocycles. The van der Waals surface area contributed by atoms with Crippen LogP contribution in [0.25, 0.3) is 0 Å². The van der Waals surface area contributed by atoms with Crippen molar-refractivity contribution in [3.63, 3.8) is 0 Å². The lowest BCUT2D eigenvalue weighted by Crippen LogP contribution is -2.18. The number of rotatable bonds is 7. The first-order valence-corrected chi connectivity index (χ1v) is 7.92. The van der Waals surface area contributed by atoms with Crippen molar-refractivity contribution in [2.45, 2.75) is 59.8 Å². The second kappa shape index (κ2) is 7.86. The zero-order chi connectivity index (χ0) is 13.5. The van der Waals surface area contributed by atoms with Gasteiger partial charge in [-0.05, 0) is 61.5 Å². The fourth-order valence-corrected chi connectivity index (χ4v) is 3.52. The molecule has 4 unspecified atom stereocenters. The molecule has 1 fully saturated rings. The van der Waals surface area contributed by atoms with Crippen LogP contribution in [-0.2, 0) is 0 Å². The minimum atomic E-state index is 0.833. The predicted octanol–water partition coefficient (Wildman–Crippen LogP) is 4.84. The van der Waals surface area contributed by atoms with E-state index in [-0.39, 0.29) is 0 Å². The van der Waals surface area contributed by atoms with Gasteiger partial charge in [-0.15, -0.1) is 0 Å². The molecule has 1 aliphatic rings. The van der Waals surface area contributed by atoms with Crippen LogP contribution in [-0.4, -0.2) is 7.05 Å². The standard InChI is InChI=1S/C17H33N/c1-6-15-9-10-16(12-14(4)13(2)3)17(15)8-7-11-18-5/h7,11,13-18H,6,8-10,12H2,1-5H3/b11-7-. The average Bonchev–Trinajstić information content (AvgIpc) is 2.72. The van der Waals surface area contributed by atoms with Crippen LogP contribution in [0.1, 0.15) is 59.8 Å². The molecule has 0 bridgehead atoms. The summed E-state index contributed by atoms with van der Waals surface area (Å²) >= 11 is 0. The highest BCUT2D eigenvalue weighted by atomic mass is 14.8. The lowest BCUT2D eigenvalue weighted by molar-refractivity contribution is 0.241. The minimum Gasteiger partial charge on any atom is -0.394 e. The molecule has 1 heteroatoms. The Kier molecular flexibility index (Phi) is 6.81. The summed E-state index contributed by atoms with van der Waals surface area (Å²) in [6.45, 7) is 9.54. The van der Waals surface area contributed by atoms with Crippen molar-refractivity contribution in [3.8, 4) is 0 Å². The van der Waals surface area contributed by atoms with E-state index >= 15 is 0 Å². The summed E-state index contributed by atoms with van der Waals surface area (Å²) in [5.74, 6) is 4.58. The highest BCUT2D eigenvalue weighted by molar-refractivity contribution is 4.91. The second-order valence-corrected chi connectivity index (χ2v) is 6.55. The molecule has 0 aromatic rings. The van der Waals surface area contributed by atoms with Crippen molar-refractivity contribution in [2.24, 2.45) is 29.6 Å². The van der Waals surface area contributed by atoms with Gasteiger partial charge < -0.3 is 5.32 Å².